The molecule has 2 fully saturated rings. The maximum absolute atomic E-state index is 4.66. The van der Waals surface area contributed by atoms with E-state index >= 15 is 0 Å². The predicted octanol–water partition coefficient (Wildman–Crippen LogP) is 5.26. The zero-order valence-electron chi connectivity index (χ0n) is 15.9. The molecule has 3 heterocycles. The lowest BCUT2D eigenvalue weighted by Crippen LogP contribution is -2.34. The summed E-state index contributed by atoms with van der Waals surface area (Å²) < 4.78 is 0. The minimum Gasteiger partial charge on any atom is -0.341 e. The second kappa shape index (κ2) is 5.71. The number of rotatable bonds is 2. The van der Waals surface area contributed by atoms with Gasteiger partial charge in [-0.1, -0.05) is 25.2 Å². The Labute approximate surface area is 157 Å². The average Bonchev–Trinajstić information content (AvgIpc) is 3.31. The molecule has 1 saturated heterocycles. The maximum atomic E-state index is 4.66. The lowest BCUT2D eigenvalue weighted by Gasteiger charge is -2.38. The molecule has 0 spiro atoms. The molecule has 0 aromatic rings. The lowest BCUT2D eigenvalue weighted by molar-refractivity contribution is 0.308. The SMILES string of the molecule is C[C@@H]1C[C@H]1CC1CCC2C3=C1CC=C1C=CCCC1N3C1=CC=NCC12. The monoisotopic (exact) mass is 346 g/mol. The molecule has 136 valence electrons. The Balaban J connectivity index is 1.47. The first-order chi connectivity index (χ1) is 12.8. The fourth-order valence-electron chi connectivity index (χ4n) is 6.55. The van der Waals surface area contributed by atoms with Crippen LogP contribution in [0.25, 0.3) is 0 Å². The molecule has 0 bridgehead atoms. The lowest BCUT2D eigenvalue weighted by atomic mass is 9.73. The third-order valence-electron chi connectivity index (χ3n) is 8.09. The zero-order valence-corrected chi connectivity index (χ0v) is 15.9. The fraction of sp³-hybridized carbons (Fsp3) is 0.625. The van der Waals surface area contributed by atoms with Gasteiger partial charge >= 0.3 is 0 Å². The highest BCUT2D eigenvalue weighted by Gasteiger charge is 2.50. The first kappa shape index (κ1) is 15.5. The second-order valence-corrected chi connectivity index (χ2v) is 9.49. The average molecular weight is 347 g/mol. The van der Waals surface area contributed by atoms with Gasteiger partial charge in [-0.3, -0.25) is 4.99 Å². The van der Waals surface area contributed by atoms with E-state index in [4.69, 9.17) is 0 Å². The van der Waals surface area contributed by atoms with Crippen molar-refractivity contribution in [2.24, 2.45) is 34.6 Å². The first-order valence-corrected chi connectivity index (χ1v) is 10.9. The molecule has 6 aliphatic rings. The van der Waals surface area contributed by atoms with Crippen LogP contribution in [-0.2, 0) is 0 Å². The Morgan fingerprint density at radius 1 is 1.19 bits per heavy atom. The number of nitrogens with zero attached hydrogens (tertiary/aromatic N) is 2. The highest BCUT2D eigenvalue weighted by Crippen LogP contribution is 2.56. The van der Waals surface area contributed by atoms with Crippen LogP contribution in [0.5, 0.6) is 0 Å². The van der Waals surface area contributed by atoms with Gasteiger partial charge in [-0.2, -0.15) is 0 Å². The highest BCUT2D eigenvalue weighted by atomic mass is 15.2. The van der Waals surface area contributed by atoms with Crippen LogP contribution in [0.1, 0.15) is 51.9 Å². The summed E-state index contributed by atoms with van der Waals surface area (Å²) in [6.07, 6.45) is 21.2. The summed E-state index contributed by atoms with van der Waals surface area (Å²) in [5, 5.41) is 0. The van der Waals surface area contributed by atoms with Gasteiger partial charge in [0, 0.05) is 36.0 Å². The van der Waals surface area contributed by atoms with Gasteiger partial charge in [-0.05, 0) is 79.9 Å². The Morgan fingerprint density at radius 2 is 2.12 bits per heavy atom. The van der Waals surface area contributed by atoms with Crippen molar-refractivity contribution in [3.8, 4) is 0 Å². The van der Waals surface area contributed by atoms with E-state index in [-0.39, 0.29) is 0 Å². The molecule has 26 heavy (non-hydrogen) atoms. The van der Waals surface area contributed by atoms with E-state index in [1.54, 1.807) is 17.0 Å². The van der Waals surface area contributed by atoms with E-state index < -0.39 is 0 Å². The van der Waals surface area contributed by atoms with Crippen LogP contribution in [-0.4, -0.2) is 23.7 Å². The number of fused-ring (bicyclic) bond motifs is 5. The molecule has 0 N–H and O–H groups in total. The molecule has 2 nitrogen and oxygen atoms in total. The van der Waals surface area contributed by atoms with Crippen LogP contribution in [0.4, 0.5) is 0 Å². The summed E-state index contributed by atoms with van der Waals surface area (Å²) in [5.41, 5.74) is 6.73. The van der Waals surface area contributed by atoms with Crippen LogP contribution in [0.3, 0.4) is 0 Å². The zero-order chi connectivity index (χ0) is 17.3. The van der Waals surface area contributed by atoms with Crippen molar-refractivity contribution in [3.05, 3.63) is 46.8 Å². The highest BCUT2D eigenvalue weighted by molar-refractivity contribution is 5.74. The summed E-state index contributed by atoms with van der Waals surface area (Å²) >= 11 is 0. The number of dihydropyridines is 1. The van der Waals surface area contributed by atoms with Crippen LogP contribution >= 0.6 is 0 Å². The molecule has 0 radical (unpaired) electrons. The molecular weight excluding hydrogens is 316 g/mol. The normalized spacial score (nSPS) is 42.6. The predicted molar refractivity (Wildman–Crippen MR) is 107 cm³/mol. The van der Waals surface area contributed by atoms with Crippen molar-refractivity contribution >= 4 is 6.21 Å². The van der Waals surface area contributed by atoms with E-state index in [1.165, 1.54) is 44.9 Å². The molecule has 2 heteroatoms. The minimum absolute atomic E-state index is 0.580. The van der Waals surface area contributed by atoms with Crippen molar-refractivity contribution in [3.63, 3.8) is 0 Å². The molecule has 6 rings (SSSR count). The molecule has 3 aliphatic heterocycles. The van der Waals surface area contributed by atoms with Gasteiger partial charge in [-0.15, -0.1) is 0 Å². The van der Waals surface area contributed by atoms with Gasteiger partial charge in [-0.25, -0.2) is 0 Å². The van der Waals surface area contributed by atoms with Crippen molar-refractivity contribution in [1.29, 1.82) is 0 Å². The van der Waals surface area contributed by atoms with Crippen molar-refractivity contribution in [2.45, 2.75) is 57.9 Å². The third-order valence-corrected chi connectivity index (χ3v) is 8.09. The quantitative estimate of drug-likeness (QED) is 0.666. The molecule has 1 saturated carbocycles. The molecule has 0 aromatic heterocycles. The summed E-state index contributed by atoms with van der Waals surface area (Å²) in [5.74, 6) is 4.20. The van der Waals surface area contributed by atoms with Crippen LogP contribution in [0.15, 0.2) is 51.8 Å². The number of aliphatic imine (C=N–C) groups is 1. The van der Waals surface area contributed by atoms with Crippen LogP contribution in [0.2, 0.25) is 0 Å². The van der Waals surface area contributed by atoms with Gasteiger partial charge in [0.15, 0.2) is 0 Å². The van der Waals surface area contributed by atoms with Crippen LogP contribution in [0, 0.1) is 29.6 Å². The minimum atomic E-state index is 0.580. The molecule has 0 aromatic carbocycles. The van der Waals surface area contributed by atoms with Gasteiger partial charge in [0.05, 0.1) is 6.04 Å². The van der Waals surface area contributed by atoms with Gasteiger partial charge in [0.1, 0.15) is 0 Å². The first-order valence-electron chi connectivity index (χ1n) is 10.9. The van der Waals surface area contributed by atoms with Crippen molar-refractivity contribution in [1.82, 2.24) is 4.90 Å². The Bertz CT molecular complexity index is 780. The summed E-state index contributed by atoms with van der Waals surface area (Å²) in [6, 6.07) is 0.580. The molecule has 3 aliphatic carbocycles. The molecule has 0 amide bonds. The largest absolute Gasteiger partial charge is 0.341 e. The maximum Gasteiger partial charge on any atom is 0.0585 e. The summed E-state index contributed by atoms with van der Waals surface area (Å²) in [7, 11) is 0. The molecular formula is C24H30N2. The standard InChI is InChI=1S/C24H30N2/c1-15-12-18(15)13-17-7-9-20-21-14-25-11-10-23(21)26-22-5-3-2-4-16(22)6-8-19(17)24(20)26/h2,4,6,10-11,15,17-18,20-22H,3,5,7-9,12-14H2,1H3/t15-,17?,18+,20?,21?,22?/m1/s1. The van der Waals surface area contributed by atoms with E-state index in [0.29, 0.717) is 12.0 Å². The molecule has 6 atom stereocenters. The van der Waals surface area contributed by atoms with E-state index in [9.17, 15) is 0 Å². The second-order valence-electron chi connectivity index (χ2n) is 9.49. The molecule has 4 unspecified atom stereocenters. The van der Waals surface area contributed by atoms with E-state index in [0.717, 1.165) is 30.2 Å². The Kier molecular flexibility index (Phi) is 3.40. The number of hydrogen-bond donors (Lipinski definition) is 0. The Morgan fingerprint density at radius 3 is 3.00 bits per heavy atom. The van der Waals surface area contributed by atoms with Gasteiger partial charge < -0.3 is 4.90 Å². The van der Waals surface area contributed by atoms with Crippen molar-refractivity contribution < 1.29 is 0 Å². The number of allylic oxidation sites excluding steroid dienone is 5. The summed E-state index contributed by atoms with van der Waals surface area (Å²) in [6.45, 7) is 3.46. The number of hydrogen-bond acceptors (Lipinski definition) is 2. The van der Waals surface area contributed by atoms with Crippen molar-refractivity contribution in [2.75, 3.05) is 6.54 Å². The Hall–Kier alpha value is -1.57. The topological polar surface area (TPSA) is 15.6 Å². The van der Waals surface area contributed by atoms with Gasteiger partial charge in [0.25, 0.3) is 0 Å². The fourth-order valence-corrected chi connectivity index (χ4v) is 6.55. The third kappa shape index (κ3) is 2.20. The van der Waals surface area contributed by atoms with E-state index in [2.05, 4.69) is 47.3 Å². The van der Waals surface area contributed by atoms with E-state index in [1.807, 2.05) is 5.57 Å². The van der Waals surface area contributed by atoms with Crippen LogP contribution < -0.4 is 0 Å². The smallest absolute Gasteiger partial charge is 0.0585 e. The van der Waals surface area contributed by atoms with Gasteiger partial charge in [0.2, 0.25) is 0 Å². The summed E-state index contributed by atoms with van der Waals surface area (Å²) in [4.78, 5) is 7.48.